The maximum Gasteiger partial charge on any atom is -0.00533 e. The highest BCUT2D eigenvalue weighted by atomic mass is 14.1. The molecule has 0 spiro atoms. The first-order chi connectivity index (χ1) is 7.43. The van der Waals surface area contributed by atoms with Crippen LogP contribution in [0.25, 0.3) is 0 Å². The molecule has 0 aromatic carbocycles. The molecule has 0 saturated carbocycles. The monoisotopic (exact) mass is 206 g/mol. The van der Waals surface area contributed by atoms with Crippen molar-refractivity contribution in [2.75, 3.05) is 0 Å². The Morgan fingerprint density at radius 3 is 2.13 bits per heavy atom. The summed E-state index contributed by atoms with van der Waals surface area (Å²) < 4.78 is 0. The van der Waals surface area contributed by atoms with Crippen molar-refractivity contribution in [3.63, 3.8) is 0 Å². The van der Waals surface area contributed by atoms with Crippen LogP contribution in [0.4, 0.5) is 0 Å². The molecule has 0 saturated heterocycles. The van der Waals surface area contributed by atoms with Crippen molar-refractivity contribution >= 4 is 0 Å². The summed E-state index contributed by atoms with van der Waals surface area (Å²) in [6, 6.07) is 0. The van der Waals surface area contributed by atoms with Crippen molar-refractivity contribution in [3.05, 3.63) is 24.3 Å². The van der Waals surface area contributed by atoms with E-state index < -0.39 is 0 Å². The highest BCUT2D eigenvalue weighted by molar-refractivity contribution is 5.08. The summed E-state index contributed by atoms with van der Waals surface area (Å²) in [5, 5.41) is 0. The maximum atomic E-state index is 2.37. The molecule has 0 unspecified atom stereocenters. The lowest BCUT2D eigenvalue weighted by Gasteiger charge is -2.10. The molecule has 0 heterocycles. The minimum absolute atomic E-state index is 0.745. The summed E-state index contributed by atoms with van der Waals surface area (Å²) in [6.45, 7) is 2.28. The Morgan fingerprint density at radius 1 is 0.867 bits per heavy atom. The zero-order valence-electron chi connectivity index (χ0n) is 10.3. The predicted octanol–water partition coefficient (Wildman–Crippen LogP) is 5.26. The van der Waals surface area contributed by atoms with Gasteiger partial charge in [0.25, 0.3) is 0 Å². The van der Waals surface area contributed by atoms with Crippen LogP contribution in [-0.4, -0.2) is 0 Å². The zero-order chi connectivity index (χ0) is 10.8. The van der Waals surface area contributed by atoms with E-state index in [1.807, 2.05) is 0 Å². The van der Waals surface area contributed by atoms with Crippen LogP contribution in [0.1, 0.15) is 64.7 Å². The number of allylic oxidation sites excluding steroid dienone is 4. The average Bonchev–Trinajstić information content (AvgIpc) is 2.29. The molecular formula is C15H26. The van der Waals surface area contributed by atoms with Crippen molar-refractivity contribution < 1.29 is 0 Å². The molecule has 0 fully saturated rings. The third kappa shape index (κ3) is 6.54. The molecular weight excluding hydrogens is 180 g/mol. The molecule has 0 aromatic heterocycles. The molecule has 0 nitrogen and oxygen atoms in total. The molecule has 0 amide bonds. The Kier molecular flexibility index (Phi) is 7.33. The molecule has 0 radical (unpaired) electrons. The fourth-order valence-corrected chi connectivity index (χ4v) is 2.18. The number of rotatable bonds is 8. The first-order valence-electron chi connectivity index (χ1n) is 6.77. The van der Waals surface area contributed by atoms with Crippen molar-refractivity contribution in [1.29, 1.82) is 0 Å². The molecule has 0 bridgehead atoms. The van der Waals surface area contributed by atoms with Gasteiger partial charge in [-0.2, -0.15) is 0 Å². The van der Waals surface area contributed by atoms with Gasteiger partial charge in [-0.15, -0.1) is 0 Å². The van der Waals surface area contributed by atoms with Crippen LogP contribution in [0.2, 0.25) is 0 Å². The van der Waals surface area contributed by atoms with Gasteiger partial charge in [-0.25, -0.2) is 0 Å². The van der Waals surface area contributed by atoms with E-state index in [1.54, 1.807) is 0 Å². The van der Waals surface area contributed by atoms with Gasteiger partial charge in [-0.1, -0.05) is 76.2 Å². The summed E-state index contributed by atoms with van der Waals surface area (Å²) in [4.78, 5) is 0. The van der Waals surface area contributed by atoms with Gasteiger partial charge in [-0.3, -0.25) is 0 Å². The number of hydrogen-bond acceptors (Lipinski definition) is 0. The largest absolute Gasteiger partial charge is 0.0842 e. The van der Waals surface area contributed by atoms with Crippen molar-refractivity contribution in [2.24, 2.45) is 5.92 Å². The molecule has 1 aliphatic carbocycles. The van der Waals surface area contributed by atoms with E-state index >= 15 is 0 Å². The van der Waals surface area contributed by atoms with E-state index in [9.17, 15) is 0 Å². The van der Waals surface area contributed by atoms with E-state index in [1.165, 1.54) is 51.4 Å². The molecule has 1 aliphatic rings. The zero-order valence-corrected chi connectivity index (χ0v) is 10.3. The van der Waals surface area contributed by atoms with Crippen molar-refractivity contribution in [2.45, 2.75) is 64.7 Å². The van der Waals surface area contributed by atoms with E-state index in [-0.39, 0.29) is 0 Å². The summed E-state index contributed by atoms with van der Waals surface area (Å²) in [5.74, 6) is 0.745. The first-order valence-corrected chi connectivity index (χ1v) is 6.77. The maximum absolute atomic E-state index is 2.37. The van der Waals surface area contributed by atoms with Gasteiger partial charge in [0.2, 0.25) is 0 Å². The lowest BCUT2D eigenvalue weighted by Crippen LogP contribution is -1.94. The molecule has 0 aromatic rings. The quantitative estimate of drug-likeness (QED) is 0.375. The fraction of sp³-hybridized carbons (Fsp3) is 0.733. The SMILES string of the molecule is CCCCCCCCCC1C=CCC=C1. The second-order valence-electron chi connectivity index (χ2n) is 4.67. The predicted molar refractivity (Wildman–Crippen MR) is 69.0 cm³/mol. The summed E-state index contributed by atoms with van der Waals surface area (Å²) >= 11 is 0. The van der Waals surface area contributed by atoms with E-state index in [2.05, 4.69) is 31.2 Å². The van der Waals surface area contributed by atoms with E-state index in [4.69, 9.17) is 0 Å². The Balaban J connectivity index is 1.86. The minimum Gasteiger partial charge on any atom is -0.0842 e. The third-order valence-corrected chi connectivity index (χ3v) is 3.18. The highest BCUT2D eigenvalue weighted by Gasteiger charge is 2.01. The van der Waals surface area contributed by atoms with Crippen molar-refractivity contribution in [1.82, 2.24) is 0 Å². The second kappa shape index (κ2) is 8.76. The number of hydrogen-bond donors (Lipinski definition) is 0. The van der Waals surface area contributed by atoms with Crippen LogP contribution in [-0.2, 0) is 0 Å². The molecule has 15 heavy (non-hydrogen) atoms. The Morgan fingerprint density at radius 2 is 1.47 bits per heavy atom. The summed E-state index contributed by atoms with van der Waals surface area (Å²) in [6.07, 6.45) is 21.8. The third-order valence-electron chi connectivity index (χ3n) is 3.18. The first kappa shape index (κ1) is 12.5. The summed E-state index contributed by atoms with van der Waals surface area (Å²) in [5.41, 5.74) is 0. The fourth-order valence-electron chi connectivity index (χ4n) is 2.18. The number of unbranched alkanes of at least 4 members (excludes halogenated alkanes) is 6. The van der Waals surface area contributed by atoms with Gasteiger partial charge in [0.05, 0.1) is 0 Å². The van der Waals surface area contributed by atoms with E-state index in [0.29, 0.717) is 0 Å². The van der Waals surface area contributed by atoms with Gasteiger partial charge >= 0.3 is 0 Å². The molecule has 0 aliphatic heterocycles. The van der Waals surface area contributed by atoms with Gasteiger partial charge < -0.3 is 0 Å². The van der Waals surface area contributed by atoms with Crippen LogP contribution in [0.15, 0.2) is 24.3 Å². The topological polar surface area (TPSA) is 0 Å². The van der Waals surface area contributed by atoms with Crippen LogP contribution in [0, 0.1) is 5.92 Å². The molecule has 1 rings (SSSR count). The lowest BCUT2D eigenvalue weighted by molar-refractivity contribution is 0.553. The average molecular weight is 206 g/mol. The van der Waals surface area contributed by atoms with E-state index in [0.717, 1.165) is 12.3 Å². The van der Waals surface area contributed by atoms with Gasteiger partial charge in [0, 0.05) is 0 Å². The van der Waals surface area contributed by atoms with Crippen LogP contribution in [0.3, 0.4) is 0 Å². The van der Waals surface area contributed by atoms with Crippen LogP contribution in [0.5, 0.6) is 0 Å². The molecule has 0 heteroatoms. The Labute approximate surface area is 95.5 Å². The molecule has 0 N–H and O–H groups in total. The van der Waals surface area contributed by atoms with Gasteiger partial charge in [0.1, 0.15) is 0 Å². The second-order valence-corrected chi connectivity index (χ2v) is 4.67. The summed E-state index contributed by atoms with van der Waals surface area (Å²) in [7, 11) is 0. The lowest BCUT2D eigenvalue weighted by atomic mass is 9.96. The van der Waals surface area contributed by atoms with Crippen molar-refractivity contribution in [3.8, 4) is 0 Å². The normalized spacial score (nSPS) is 16.1. The standard InChI is InChI=1S/C15H26/c1-2-3-4-5-6-7-9-12-15-13-10-8-11-14-15/h10-11,13-15H,2-9,12H2,1H3. The highest BCUT2D eigenvalue weighted by Crippen LogP contribution is 2.17. The Hall–Kier alpha value is -0.520. The Bertz CT molecular complexity index is 176. The van der Waals surface area contributed by atoms with Crippen LogP contribution >= 0.6 is 0 Å². The minimum atomic E-state index is 0.745. The smallest absolute Gasteiger partial charge is 0.00533 e. The van der Waals surface area contributed by atoms with Crippen LogP contribution < -0.4 is 0 Å². The van der Waals surface area contributed by atoms with Gasteiger partial charge in [0.15, 0.2) is 0 Å². The molecule has 86 valence electrons. The molecule has 0 atom stereocenters. The van der Waals surface area contributed by atoms with Gasteiger partial charge in [-0.05, 0) is 18.8 Å².